The summed E-state index contributed by atoms with van der Waals surface area (Å²) in [6, 6.07) is 10.0. The van der Waals surface area contributed by atoms with Gasteiger partial charge in [-0.05, 0) is 32.9 Å². The Hall–Kier alpha value is -2.43. The molecule has 1 amide bonds. The molecule has 110 valence electrons. The molecule has 0 aliphatic carbocycles. The van der Waals surface area contributed by atoms with Crippen LogP contribution in [0.3, 0.4) is 0 Å². The summed E-state index contributed by atoms with van der Waals surface area (Å²) in [4.78, 5) is 22.5. The summed E-state index contributed by atoms with van der Waals surface area (Å²) >= 11 is 0. The molecule has 0 saturated carbocycles. The van der Waals surface area contributed by atoms with E-state index in [1.54, 1.807) is 12.4 Å². The third kappa shape index (κ3) is 3.78. The van der Waals surface area contributed by atoms with Crippen LogP contribution in [-0.4, -0.2) is 28.5 Å². The van der Waals surface area contributed by atoms with Crippen molar-refractivity contribution in [3.05, 3.63) is 48.3 Å². The van der Waals surface area contributed by atoms with Crippen molar-refractivity contribution in [3.63, 3.8) is 0 Å². The first-order valence-electron chi connectivity index (χ1n) is 7.07. The molecule has 1 aromatic heterocycles. The van der Waals surface area contributed by atoms with Crippen molar-refractivity contribution in [1.29, 1.82) is 0 Å². The highest BCUT2D eigenvalue weighted by Gasteiger charge is 2.12. The molecule has 0 spiro atoms. The van der Waals surface area contributed by atoms with Gasteiger partial charge >= 0.3 is 0 Å². The summed E-state index contributed by atoms with van der Waals surface area (Å²) in [6.07, 6.45) is 3.12. The second-order valence-electron chi connectivity index (χ2n) is 4.98. The first kappa shape index (κ1) is 15.0. The molecule has 0 radical (unpaired) electrons. The number of carbonyl (C=O) groups excluding carboxylic acids is 1. The number of anilines is 2. The fraction of sp³-hybridized carbons (Fsp3) is 0.312. The van der Waals surface area contributed by atoms with Crippen LogP contribution < -0.4 is 10.2 Å². The summed E-state index contributed by atoms with van der Waals surface area (Å²) in [5, 5.41) is 2.82. The van der Waals surface area contributed by atoms with E-state index in [1.807, 2.05) is 56.0 Å². The molecule has 5 heteroatoms. The third-order valence-corrected chi connectivity index (χ3v) is 2.95. The number of amides is 1. The number of nitrogens with one attached hydrogen (secondary N) is 1. The molecule has 0 atom stereocenters. The van der Waals surface area contributed by atoms with Crippen LogP contribution in [0.4, 0.5) is 11.6 Å². The van der Waals surface area contributed by atoms with Gasteiger partial charge in [-0.25, -0.2) is 9.97 Å². The van der Waals surface area contributed by atoms with Gasteiger partial charge in [-0.15, -0.1) is 0 Å². The van der Waals surface area contributed by atoms with Gasteiger partial charge in [0.15, 0.2) is 0 Å². The largest absolute Gasteiger partial charge is 0.350 e. The Kier molecular flexibility index (Phi) is 4.87. The van der Waals surface area contributed by atoms with E-state index in [4.69, 9.17) is 0 Å². The number of hydrogen-bond donors (Lipinski definition) is 1. The van der Waals surface area contributed by atoms with Gasteiger partial charge in [-0.3, -0.25) is 4.79 Å². The minimum atomic E-state index is -0.153. The van der Waals surface area contributed by atoms with Gasteiger partial charge in [0.2, 0.25) is 5.95 Å². The van der Waals surface area contributed by atoms with Crippen molar-refractivity contribution < 1.29 is 4.79 Å². The van der Waals surface area contributed by atoms with Crippen LogP contribution in [0.5, 0.6) is 0 Å². The second-order valence-corrected chi connectivity index (χ2v) is 4.98. The topological polar surface area (TPSA) is 58.1 Å². The van der Waals surface area contributed by atoms with Gasteiger partial charge in [0.25, 0.3) is 5.91 Å². The Morgan fingerprint density at radius 3 is 2.33 bits per heavy atom. The van der Waals surface area contributed by atoms with E-state index < -0.39 is 0 Å². The summed E-state index contributed by atoms with van der Waals surface area (Å²) in [6.45, 7) is 6.62. The lowest BCUT2D eigenvalue weighted by molar-refractivity contribution is 0.0942. The van der Waals surface area contributed by atoms with Gasteiger partial charge in [-0.1, -0.05) is 18.2 Å². The quantitative estimate of drug-likeness (QED) is 0.917. The fourth-order valence-corrected chi connectivity index (χ4v) is 1.97. The molecule has 1 N–H and O–H groups in total. The Bertz CT molecular complexity index is 581. The van der Waals surface area contributed by atoms with E-state index in [0.717, 1.165) is 12.2 Å². The molecule has 2 rings (SSSR count). The lowest BCUT2D eigenvalue weighted by Crippen LogP contribution is -2.30. The van der Waals surface area contributed by atoms with Gasteiger partial charge in [0.05, 0.1) is 5.56 Å². The Labute approximate surface area is 125 Å². The van der Waals surface area contributed by atoms with E-state index in [2.05, 4.69) is 15.3 Å². The monoisotopic (exact) mass is 284 g/mol. The van der Waals surface area contributed by atoms with Crippen molar-refractivity contribution in [2.75, 3.05) is 11.4 Å². The number of benzene rings is 1. The molecule has 0 aliphatic heterocycles. The fourth-order valence-electron chi connectivity index (χ4n) is 1.97. The summed E-state index contributed by atoms with van der Waals surface area (Å²) in [7, 11) is 0. The van der Waals surface area contributed by atoms with E-state index in [0.29, 0.717) is 11.5 Å². The van der Waals surface area contributed by atoms with Crippen LogP contribution in [0.15, 0.2) is 42.7 Å². The van der Waals surface area contributed by atoms with Gasteiger partial charge in [0.1, 0.15) is 0 Å². The van der Waals surface area contributed by atoms with Crippen molar-refractivity contribution in [3.8, 4) is 0 Å². The minimum absolute atomic E-state index is 0.0913. The normalized spacial score (nSPS) is 10.5. The number of hydrogen-bond acceptors (Lipinski definition) is 4. The zero-order valence-corrected chi connectivity index (χ0v) is 12.6. The predicted octanol–water partition coefficient (Wildman–Crippen LogP) is 2.77. The number of rotatable bonds is 5. The highest BCUT2D eigenvalue weighted by Crippen LogP contribution is 2.20. The Morgan fingerprint density at radius 1 is 1.19 bits per heavy atom. The first-order chi connectivity index (χ1) is 10.1. The molecule has 0 saturated heterocycles. The zero-order chi connectivity index (χ0) is 15.2. The average Bonchev–Trinajstić information content (AvgIpc) is 2.49. The van der Waals surface area contributed by atoms with Crippen LogP contribution in [0.1, 0.15) is 31.1 Å². The number of para-hydroxylation sites is 1. The van der Waals surface area contributed by atoms with Crippen LogP contribution in [0, 0.1) is 0 Å². The van der Waals surface area contributed by atoms with Crippen molar-refractivity contribution in [2.45, 2.75) is 26.8 Å². The van der Waals surface area contributed by atoms with E-state index in [1.165, 1.54) is 0 Å². The van der Waals surface area contributed by atoms with E-state index >= 15 is 0 Å². The summed E-state index contributed by atoms with van der Waals surface area (Å²) in [5.41, 5.74) is 1.50. The number of aromatic nitrogens is 2. The molecule has 0 bridgehead atoms. The maximum absolute atomic E-state index is 11.9. The van der Waals surface area contributed by atoms with Gasteiger partial charge in [-0.2, -0.15) is 0 Å². The standard InChI is InChI=1S/C16H20N4O/c1-4-20(14-8-6-5-7-9-14)16-17-10-13(11-18-16)15(21)19-12(2)3/h5-12H,4H2,1-3H3,(H,19,21). The van der Waals surface area contributed by atoms with Crippen LogP contribution in [0.25, 0.3) is 0 Å². The first-order valence-corrected chi connectivity index (χ1v) is 7.07. The molecule has 1 aromatic carbocycles. The second kappa shape index (κ2) is 6.83. The molecule has 0 unspecified atom stereocenters. The molecule has 0 aliphatic rings. The van der Waals surface area contributed by atoms with Crippen LogP contribution in [0.2, 0.25) is 0 Å². The van der Waals surface area contributed by atoms with Gasteiger partial charge in [0, 0.05) is 30.7 Å². The van der Waals surface area contributed by atoms with Crippen LogP contribution in [-0.2, 0) is 0 Å². The molecule has 5 nitrogen and oxygen atoms in total. The SMILES string of the molecule is CCN(c1ccccc1)c1ncc(C(=O)NC(C)C)cn1. The lowest BCUT2D eigenvalue weighted by atomic mass is 10.3. The molecular weight excluding hydrogens is 264 g/mol. The maximum atomic E-state index is 11.9. The third-order valence-electron chi connectivity index (χ3n) is 2.95. The number of carbonyl (C=O) groups is 1. The van der Waals surface area contributed by atoms with Crippen LogP contribution >= 0.6 is 0 Å². The Balaban J connectivity index is 2.19. The summed E-state index contributed by atoms with van der Waals surface area (Å²) < 4.78 is 0. The Morgan fingerprint density at radius 2 is 1.81 bits per heavy atom. The number of nitrogens with zero attached hydrogens (tertiary/aromatic N) is 3. The smallest absolute Gasteiger partial charge is 0.254 e. The highest BCUT2D eigenvalue weighted by molar-refractivity contribution is 5.93. The lowest BCUT2D eigenvalue weighted by Gasteiger charge is -2.20. The van der Waals surface area contributed by atoms with Crippen molar-refractivity contribution >= 4 is 17.5 Å². The molecule has 21 heavy (non-hydrogen) atoms. The zero-order valence-electron chi connectivity index (χ0n) is 12.6. The van der Waals surface area contributed by atoms with E-state index in [9.17, 15) is 4.79 Å². The summed E-state index contributed by atoms with van der Waals surface area (Å²) in [5.74, 6) is 0.434. The van der Waals surface area contributed by atoms with Crippen molar-refractivity contribution in [1.82, 2.24) is 15.3 Å². The predicted molar refractivity (Wildman–Crippen MR) is 83.8 cm³/mol. The highest BCUT2D eigenvalue weighted by atomic mass is 16.1. The molecule has 2 aromatic rings. The van der Waals surface area contributed by atoms with Crippen molar-refractivity contribution in [2.24, 2.45) is 0 Å². The maximum Gasteiger partial charge on any atom is 0.254 e. The average molecular weight is 284 g/mol. The minimum Gasteiger partial charge on any atom is -0.350 e. The molecule has 0 fully saturated rings. The van der Waals surface area contributed by atoms with E-state index in [-0.39, 0.29) is 11.9 Å². The molecular formula is C16H20N4O. The van der Waals surface area contributed by atoms with Gasteiger partial charge < -0.3 is 10.2 Å². The molecule has 1 heterocycles.